The number of nitrogens with one attached hydrogen (secondary N) is 1. The minimum absolute atomic E-state index is 0.163. The molecule has 1 aromatic carbocycles. The molecule has 2 saturated heterocycles. The molecule has 0 aromatic heterocycles. The van der Waals surface area contributed by atoms with Crippen LogP contribution in [0.25, 0.3) is 5.57 Å². The molecule has 5 nitrogen and oxygen atoms in total. The van der Waals surface area contributed by atoms with Gasteiger partial charge in [0.1, 0.15) is 5.82 Å². The molecule has 2 heterocycles. The Hall–Kier alpha value is -2.60. The molecule has 0 aliphatic carbocycles. The Kier molecular flexibility index (Phi) is 6.19. The van der Waals surface area contributed by atoms with Gasteiger partial charge in [0.05, 0.1) is 11.4 Å². The summed E-state index contributed by atoms with van der Waals surface area (Å²) >= 11 is 0. The molecule has 2 fully saturated rings. The number of carbonyl (C=O) groups is 1. The van der Waals surface area contributed by atoms with Gasteiger partial charge in [0.15, 0.2) is 0 Å². The zero-order valence-electron chi connectivity index (χ0n) is 16.3. The summed E-state index contributed by atoms with van der Waals surface area (Å²) in [6, 6.07) is 6.09. The van der Waals surface area contributed by atoms with Crippen LogP contribution in [-0.4, -0.2) is 37.2 Å². The maximum absolute atomic E-state index is 13.0. The number of hydrogen-bond donors (Lipinski definition) is 2. The molecule has 28 heavy (non-hydrogen) atoms. The molecule has 3 N–H and O–H groups in total. The van der Waals surface area contributed by atoms with Gasteiger partial charge in [-0.3, -0.25) is 0 Å². The molecular formula is C22H28FN3O2. The summed E-state index contributed by atoms with van der Waals surface area (Å²) in [4.78, 5) is 14.4. The third-order valence-electron chi connectivity index (χ3n) is 5.70. The van der Waals surface area contributed by atoms with Crippen LogP contribution in [0.5, 0.6) is 0 Å². The summed E-state index contributed by atoms with van der Waals surface area (Å²) in [6.45, 7) is 8.84. The Morgan fingerprint density at radius 1 is 1.25 bits per heavy atom. The van der Waals surface area contributed by atoms with E-state index in [-0.39, 0.29) is 17.3 Å². The second kappa shape index (κ2) is 8.61. The van der Waals surface area contributed by atoms with E-state index in [1.54, 1.807) is 18.2 Å². The van der Waals surface area contributed by atoms with E-state index >= 15 is 0 Å². The first-order valence-electron chi connectivity index (χ1n) is 9.62. The summed E-state index contributed by atoms with van der Waals surface area (Å²) in [5, 5.41) is 2.80. The van der Waals surface area contributed by atoms with E-state index in [4.69, 9.17) is 10.5 Å². The molecule has 2 aliphatic heterocycles. The fourth-order valence-corrected chi connectivity index (χ4v) is 3.73. The van der Waals surface area contributed by atoms with Crippen molar-refractivity contribution in [2.24, 2.45) is 11.1 Å². The molecule has 0 radical (unpaired) electrons. The maximum atomic E-state index is 13.0. The van der Waals surface area contributed by atoms with Crippen molar-refractivity contribution in [3.63, 3.8) is 0 Å². The quantitative estimate of drug-likeness (QED) is 0.775. The van der Waals surface area contributed by atoms with Gasteiger partial charge in [0.2, 0.25) is 0 Å². The van der Waals surface area contributed by atoms with Crippen LogP contribution in [0.3, 0.4) is 0 Å². The van der Waals surface area contributed by atoms with Crippen LogP contribution in [0.1, 0.15) is 31.7 Å². The predicted octanol–water partition coefficient (Wildman–Crippen LogP) is 3.80. The molecule has 0 unspecified atom stereocenters. The first-order chi connectivity index (χ1) is 13.4. The molecule has 2 aliphatic rings. The standard InChI is InChI=1S/C22H28FN3O2/c1-16(18-4-6-19(23)7-5-18)3-8-20(24)17(2)25-21(27)26-12-9-22(15-26)10-13-28-14-11-22/h3-8H,2,9-15,24H2,1H3,(H,25,27)/b16-3+,20-8+. The second-order valence-electron chi connectivity index (χ2n) is 7.67. The lowest BCUT2D eigenvalue weighted by molar-refractivity contribution is 0.0209. The Morgan fingerprint density at radius 3 is 2.61 bits per heavy atom. The summed E-state index contributed by atoms with van der Waals surface area (Å²) in [5.41, 5.74) is 8.86. The first-order valence-corrected chi connectivity index (χ1v) is 9.62. The van der Waals surface area contributed by atoms with Gasteiger partial charge in [0.25, 0.3) is 0 Å². The number of nitrogens with zero attached hydrogens (tertiary/aromatic N) is 1. The van der Waals surface area contributed by atoms with Crippen molar-refractivity contribution in [3.05, 3.63) is 65.8 Å². The predicted molar refractivity (Wildman–Crippen MR) is 109 cm³/mol. The summed E-state index contributed by atoms with van der Waals surface area (Å²) in [5.74, 6) is -0.271. The van der Waals surface area contributed by atoms with Crippen molar-refractivity contribution in [2.45, 2.75) is 26.2 Å². The number of likely N-dealkylation sites (tertiary alicyclic amines) is 1. The minimum Gasteiger partial charge on any atom is -0.397 e. The fraction of sp³-hybridized carbons (Fsp3) is 0.409. The molecule has 0 saturated carbocycles. The molecule has 6 heteroatoms. The molecule has 3 rings (SSSR count). The molecular weight excluding hydrogens is 357 g/mol. The van der Waals surface area contributed by atoms with Crippen LogP contribution >= 0.6 is 0 Å². The maximum Gasteiger partial charge on any atom is 0.321 e. The van der Waals surface area contributed by atoms with E-state index in [9.17, 15) is 9.18 Å². The van der Waals surface area contributed by atoms with Crippen LogP contribution < -0.4 is 11.1 Å². The number of ether oxygens (including phenoxy) is 1. The van der Waals surface area contributed by atoms with Gasteiger partial charge in [-0.2, -0.15) is 0 Å². The second-order valence-corrected chi connectivity index (χ2v) is 7.67. The largest absolute Gasteiger partial charge is 0.397 e. The van der Waals surface area contributed by atoms with Gasteiger partial charge in [-0.15, -0.1) is 0 Å². The monoisotopic (exact) mass is 385 g/mol. The number of benzene rings is 1. The number of urea groups is 1. The highest BCUT2D eigenvalue weighted by Crippen LogP contribution is 2.39. The number of hydrogen-bond acceptors (Lipinski definition) is 3. The number of carbonyl (C=O) groups excluding carboxylic acids is 1. The van der Waals surface area contributed by atoms with Gasteiger partial charge >= 0.3 is 6.03 Å². The minimum atomic E-state index is -0.271. The fourth-order valence-electron chi connectivity index (χ4n) is 3.73. The topological polar surface area (TPSA) is 67.6 Å². The van der Waals surface area contributed by atoms with Crippen LogP contribution in [0.2, 0.25) is 0 Å². The summed E-state index contributed by atoms with van der Waals surface area (Å²) < 4.78 is 18.5. The highest BCUT2D eigenvalue weighted by atomic mass is 19.1. The molecule has 150 valence electrons. The number of amides is 2. The van der Waals surface area contributed by atoms with Gasteiger partial charge in [-0.25, -0.2) is 9.18 Å². The molecule has 1 spiro atoms. The smallest absolute Gasteiger partial charge is 0.321 e. The summed E-state index contributed by atoms with van der Waals surface area (Å²) in [6.07, 6.45) is 6.56. The van der Waals surface area contributed by atoms with E-state index < -0.39 is 0 Å². The third-order valence-corrected chi connectivity index (χ3v) is 5.70. The van der Waals surface area contributed by atoms with Crippen LogP contribution in [-0.2, 0) is 4.74 Å². The molecule has 0 atom stereocenters. The Morgan fingerprint density at radius 2 is 1.93 bits per heavy atom. The SMILES string of the molecule is C=C(NC(=O)N1CCC2(CCOCC2)C1)/C(N)=C\C=C(/C)c1ccc(F)cc1. The van der Waals surface area contributed by atoms with Crippen molar-refractivity contribution in [3.8, 4) is 0 Å². The highest BCUT2D eigenvalue weighted by Gasteiger charge is 2.41. The summed E-state index contributed by atoms with van der Waals surface area (Å²) in [7, 11) is 0. The van der Waals surface area contributed by atoms with E-state index in [0.717, 1.165) is 56.7 Å². The molecule has 2 amide bonds. The van der Waals surface area contributed by atoms with Crippen molar-refractivity contribution in [2.75, 3.05) is 26.3 Å². The zero-order valence-corrected chi connectivity index (χ0v) is 16.3. The number of halogens is 1. The first kappa shape index (κ1) is 20.1. The van der Waals surface area contributed by atoms with Gasteiger partial charge in [-0.1, -0.05) is 24.8 Å². The van der Waals surface area contributed by atoms with Gasteiger partial charge in [-0.05, 0) is 60.9 Å². The lowest BCUT2D eigenvalue weighted by Gasteiger charge is -2.33. The highest BCUT2D eigenvalue weighted by molar-refractivity contribution is 5.77. The zero-order chi connectivity index (χ0) is 20.1. The average molecular weight is 385 g/mol. The Bertz CT molecular complexity index is 793. The van der Waals surface area contributed by atoms with Crippen LogP contribution in [0.4, 0.5) is 9.18 Å². The van der Waals surface area contributed by atoms with Gasteiger partial charge < -0.3 is 20.7 Å². The molecule has 1 aromatic rings. The van der Waals surface area contributed by atoms with Crippen molar-refractivity contribution < 1.29 is 13.9 Å². The van der Waals surface area contributed by atoms with E-state index in [0.29, 0.717) is 11.4 Å². The van der Waals surface area contributed by atoms with Crippen molar-refractivity contribution in [1.82, 2.24) is 10.2 Å². The number of allylic oxidation sites excluding steroid dienone is 3. The Labute approximate surface area is 165 Å². The van der Waals surface area contributed by atoms with E-state index in [2.05, 4.69) is 11.9 Å². The number of nitrogens with two attached hydrogens (primary N) is 1. The van der Waals surface area contributed by atoms with Crippen LogP contribution in [0.15, 0.2) is 54.4 Å². The van der Waals surface area contributed by atoms with E-state index in [1.165, 1.54) is 12.1 Å². The van der Waals surface area contributed by atoms with Crippen molar-refractivity contribution in [1.29, 1.82) is 0 Å². The average Bonchev–Trinajstić information content (AvgIpc) is 3.10. The number of rotatable bonds is 4. The normalized spacial score (nSPS) is 19.7. The van der Waals surface area contributed by atoms with Crippen molar-refractivity contribution >= 4 is 11.6 Å². The van der Waals surface area contributed by atoms with Gasteiger partial charge in [0, 0.05) is 26.3 Å². The van der Waals surface area contributed by atoms with E-state index in [1.807, 2.05) is 17.9 Å². The lowest BCUT2D eigenvalue weighted by atomic mass is 9.80. The lowest BCUT2D eigenvalue weighted by Crippen LogP contribution is -2.41. The third kappa shape index (κ3) is 4.81. The Balaban J connectivity index is 1.56. The molecule has 0 bridgehead atoms. The van der Waals surface area contributed by atoms with Crippen LogP contribution in [0, 0.1) is 11.2 Å².